The molecule has 1 fully saturated rings. The first-order valence-corrected chi connectivity index (χ1v) is 6.56. The molecule has 0 aromatic heterocycles. The van der Waals surface area contributed by atoms with Gasteiger partial charge in [-0.3, -0.25) is 4.79 Å². The van der Waals surface area contributed by atoms with Crippen LogP contribution in [0, 0.1) is 12.8 Å². The van der Waals surface area contributed by atoms with Crippen molar-refractivity contribution in [2.45, 2.75) is 26.4 Å². The zero-order chi connectivity index (χ0) is 12.4. The standard InChI is InChI=1S/C13H16BrNO2/c1-8-11(14)4-3-5-12(8)15-13(16)10-6-7-17-9(10)2/h3-5,9-10H,6-7H2,1-2H3,(H,15,16). The van der Waals surface area contributed by atoms with Crippen LogP contribution in [-0.4, -0.2) is 18.6 Å². The van der Waals surface area contributed by atoms with Gasteiger partial charge in [-0.2, -0.15) is 0 Å². The lowest BCUT2D eigenvalue weighted by molar-refractivity contribution is -0.121. The third-order valence-corrected chi connectivity index (χ3v) is 4.10. The number of nitrogens with one attached hydrogen (secondary N) is 1. The van der Waals surface area contributed by atoms with Crippen LogP contribution in [0.1, 0.15) is 18.9 Å². The molecule has 4 heteroatoms. The highest BCUT2D eigenvalue weighted by molar-refractivity contribution is 9.10. The second-order valence-corrected chi connectivity index (χ2v) is 5.23. The Labute approximate surface area is 110 Å². The molecule has 2 unspecified atom stereocenters. The van der Waals surface area contributed by atoms with Crippen LogP contribution in [0.3, 0.4) is 0 Å². The summed E-state index contributed by atoms with van der Waals surface area (Å²) in [4.78, 5) is 12.1. The van der Waals surface area contributed by atoms with Crippen LogP contribution in [0.15, 0.2) is 22.7 Å². The molecule has 0 spiro atoms. The van der Waals surface area contributed by atoms with Gasteiger partial charge in [-0.15, -0.1) is 0 Å². The molecule has 0 aliphatic carbocycles. The zero-order valence-corrected chi connectivity index (χ0v) is 11.6. The predicted molar refractivity (Wildman–Crippen MR) is 71.0 cm³/mol. The topological polar surface area (TPSA) is 38.3 Å². The molecule has 1 aromatic rings. The van der Waals surface area contributed by atoms with Gasteiger partial charge in [0.05, 0.1) is 12.0 Å². The summed E-state index contributed by atoms with van der Waals surface area (Å²) in [6.45, 7) is 4.61. The Kier molecular flexibility index (Phi) is 3.84. The van der Waals surface area contributed by atoms with Gasteiger partial charge in [0.15, 0.2) is 0 Å². The lowest BCUT2D eigenvalue weighted by atomic mass is 10.0. The van der Waals surface area contributed by atoms with E-state index in [1.165, 1.54) is 0 Å². The van der Waals surface area contributed by atoms with Crippen molar-refractivity contribution in [3.05, 3.63) is 28.2 Å². The van der Waals surface area contributed by atoms with Crippen molar-refractivity contribution in [3.63, 3.8) is 0 Å². The predicted octanol–water partition coefficient (Wildman–Crippen LogP) is 3.12. The number of ether oxygens (including phenoxy) is 1. The van der Waals surface area contributed by atoms with Crippen molar-refractivity contribution >= 4 is 27.5 Å². The SMILES string of the molecule is Cc1c(Br)cccc1NC(=O)C1CCOC1C. The monoisotopic (exact) mass is 297 g/mol. The average molecular weight is 298 g/mol. The van der Waals surface area contributed by atoms with Gasteiger partial charge in [-0.25, -0.2) is 0 Å². The molecule has 1 heterocycles. The third-order valence-electron chi connectivity index (χ3n) is 3.24. The van der Waals surface area contributed by atoms with E-state index in [2.05, 4.69) is 21.2 Å². The Morgan fingerprint density at radius 1 is 1.53 bits per heavy atom. The van der Waals surface area contributed by atoms with Crippen LogP contribution < -0.4 is 5.32 Å². The lowest BCUT2D eigenvalue weighted by Crippen LogP contribution is -2.28. The summed E-state index contributed by atoms with van der Waals surface area (Å²) in [5.74, 6) is 0.0181. The van der Waals surface area contributed by atoms with Gasteiger partial charge in [0.2, 0.25) is 5.91 Å². The van der Waals surface area contributed by atoms with Gasteiger partial charge in [-0.05, 0) is 38.0 Å². The van der Waals surface area contributed by atoms with E-state index in [0.717, 1.165) is 22.1 Å². The molecule has 17 heavy (non-hydrogen) atoms. The number of carbonyl (C=O) groups excluding carboxylic acids is 1. The average Bonchev–Trinajstić information content (AvgIpc) is 2.71. The Morgan fingerprint density at radius 2 is 2.29 bits per heavy atom. The molecule has 1 aliphatic heterocycles. The number of rotatable bonds is 2. The third kappa shape index (κ3) is 2.69. The van der Waals surface area contributed by atoms with Crippen molar-refractivity contribution in [2.24, 2.45) is 5.92 Å². The summed E-state index contributed by atoms with van der Waals surface area (Å²) in [5.41, 5.74) is 1.91. The molecule has 0 saturated carbocycles. The van der Waals surface area contributed by atoms with E-state index in [1.54, 1.807) is 0 Å². The summed E-state index contributed by atoms with van der Waals surface area (Å²) in [6.07, 6.45) is 0.822. The summed E-state index contributed by atoms with van der Waals surface area (Å²) in [5, 5.41) is 2.97. The summed E-state index contributed by atoms with van der Waals surface area (Å²) >= 11 is 3.46. The molecule has 1 aliphatic rings. The summed E-state index contributed by atoms with van der Waals surface area (Å²) in [6, 6.07) is 5.80. The number of halogens is 1. The van der Waals surface area contributed by atoms with E-state index in [9.17, 15) is 4.79 Å². The van der Waals surface area contributed by atoms with E-state index >= 15 is 0 Å². The van der Waals surface area contributed by atoms with E-state index in [1.807, 2.05) is 32.0 Å². The minimum Gasteiger partial charge on any atom is -0.378 e. The maximum absolute atomic E-state index is 12.1. The molecule has 3 nitrogen and oxygen atoms in total. The van der Waals surface area contributed by atoms with Gasteiger partial charge in [0.25, 0.3) is 0 Å². The van der Waals surface area contributed by atoms with Crippen LogP contribution in [-0.2, 0) is 9.53 Å². The second-order valence-electron chi connectivity index (χ2n) is 4.37. The van der Waals surface area contributed by atoms with Gasteiger partial charge >= 0.3 is 0 Å². The van der Waals surface area contributed by atoms with E-state index in [-0.39, 0.29) is 17.9 Å². The quantitative estimate of drug-likeness (QED) is 0.911. The Bertz CT molecular complexity index is 433. The molecule has 1 amide bonds. The number of anilines is 1. The zero-order valence-electron chi connectivity index (χ0n) is 10.00. The number of amides is 1. The molecular weight excluding hydrogens is 282 g/mol. The first-order chi connectivity index (χ1) is 8.09. The molecule has 0 bridgehead atoms. The second kappa shape index (κ2) is 5.19. The van der Waals surface area contributed by atoms with Crippen molar-refractivity contribution in [3.8, 4) is 0 Å². The molecule has 2 atom stereocenters. The van der Waals surface area contributed by atoms with E-state index in [0.29, 0.717) is 6.61 Å². The molecule has 1 N–H and O–H groups in total. The highest BCUT2D eigenvalue weighted by Gasteiger charge is 2.30. The number of carbonyl (C=O) groups is 1. The van der Waals surface area contributed by atoms with Crippen molar-refractivity contribution in [1.29, 1.82) is 0 Å². The largest absolute Gasteiger partial charge is 0.378 e. The Morgan fingerprint density at radius 3 is 2.94 bits per heavy atom. The van der Waals surface area contributed by atoms with Crippen molar-refractivity contribution in [2.75, 3.05) is 11.9 Å². The maximum Gasteiger partial charge on any atom is 0.230 e. The van der Waals surface area contributed by atoms with E-state index < -0.39 is 0 Å². The van der Waals surface area contributed by atoms with E-state index in [4.69, 9.17) is 4.74 Å². The van der Waals surface area contributed by atoms with Crippen molar-refractivity contribution < 1.29 is 9.53 Å². The highest BCUT2D eigenvalue weighted by Crippen LogP contribution is 2.26. The van der Waals surface area contributed by atoms with Crippen LogP contribution in [0.5, 0.6) is 0 Å². The highest BCUT2D eigenvalue weighted by atomic mass is 79.9. The Hall–Kier alpha value is -0.870. The summed E-state index contributed by atoms with van der Waals surface area (Å²) in [7, 11) is 0. The number of hydrogen-bond donors (Lipinski definition) is 1. The van der Waals surface area contributed by atoms with Gasteiger partial charge in [-0.1, -0.05) is 22.0 Å². The first kappa shape index (κ1) is 12.6. The summed E-state index contributed by atoms with van der Waals surface area (Å²) < 4.78 is 6.41. The van der Waals surface area contributed by atoms with Crippen molar-refractivity contribution in [1.82, 2.24) is 0 Å². The first-order valence-electron chi connectivity index (χ1n) is 5.77. The Balaban J connectivity index is 2.10. The molecule has 1 saturated heterocycles. The van der Waals surface area contributed by atoms with Gasteiger partial charge in [0.1, 0.15) is 0 Å². The minimum atomic E-state index is -0.0339. The fraction of sp³-hybridized carbons (Fsp3) is 0.462. The van der Waals surface area contributed by atoms with Crippen LogP contribution in [0.2, 0.25) is 0 Å². The fourth-order valence-corrected chi connectivity index (χ4v) is 2.41. The number of hydrogen-bond acceptors (Lipinski definition) is 2. The van der Waals surface area contributed by atoms with Crippen LogP contribution in [0.25, 0.3) is 0 Å². The molecule has 2 rings (SSSR count). The molecule has 0 radical (unpaired) electrons. The molecule has 92 valence electrons. The van der Waals surface area contributed by atoms with Gasteiger partial charge < -0.3 is 10.1 Å². The molecular formula is C13H16BrNO2. The molecule has 1 aromatic carbocycles. The smallest absolute Gasteiger partial charge is 0.230 e. The number of benzene rings is 1. The maximum atomic E-state index is 12.1. The van der Waals surface area contributed by atoms with Crippen LogP contribution >= 0.6 is 15.9 Å². The fourth-order valence-electron chi connectivity index (χ4n) is 2.04. The minimum absolute atomic E-state index is 0.0162. The van der Waals surface area contributed by atoms with Gasteiger partial charge in [0, 0.05) is 16.8 Å². The lowest BCUT2D eigenvalue weighted by Gasteiger charge is -2.15. The normalized spacial score (nSPS) is 23.7. The van der Waals surface area contributed by atoms with Crippen LogP contribution in [0.4, 0.5) is 5.69 Å².